The second-order valence-electron chi connectivity index (χ2n) is 19.7. The van der Waals surface area contributed by atoms with E-state index < -0.39 is 55.4 Å². The molecule has 71 heavy (non-hydrogen) atoms. The van der Waals surface area contributed by atoms with Gasteiger partial charge in [0.15, 0.2) is 6.29 Å². The number of nitrogens with one attached hydrogen (secondary N) is 1. The molecular weight excluding hydrogens is 891 g/mol. The van der Waals surface area contributed by atoms with Gasteiger partial charge >= 0.3 is 5.97 Å². The van der Waals surface area contributed by atoms with Gasteiger partial charge in [-0.3, -0.25) is 4.79 Å². The van der Waals surface area contributed by atoms with Crippen molar-refractivity contribution >= 4 is 11.9 Å². The van der Waals surface area contributed by atoms with Gasteiger partial charge in [0.05, 0.1) is 38.0 Å². The molecule has 1 aliphatic heterocycles. The quantitative estimate of drug-likeness (QED) is 0.0289. The molecule has 1 aliphatic rings. The Hall–Kier alpha value is -3.90. The lowest BCUT2D eigenvalue weighted by molar-refractivity contribution is -0.320. The lowest BCUT2D eigenvalue weighted by Gasteiger charge is -2.44. The monoisotopic (exact) mass is 984 g/mol. The zero-order chi connectivity index (χ0) is 50.4. The molecule has 3 aromatic carbocycles. The number of hydrogen-bond acceptors (Lipinski definition) is 9. The van der Waals surface area contributed by atoms with Crippen LogP contribution in [0.25, 0.3) is 0 Å². The van der Waals surface area contributed by atoms with Gasteiger partial charge in [-0.25, -0.2) is 4.79 Å². The molecule has 0 aromatic heterocycles. The maximum absolute atomic E-state index is 13.9. The van der Waals surface area contributed by atoms with E-state index in [0.29, 0.717) is 12.0 Å². The molecule has 10 nitrogen and oxygen atoms in total. The first-order chi connectivity index (χ1) is 34.9. The highest BCUT2D eigenvalue weighted by Crippen LogP contribution is 2.29. The summed E-state index contributed by atoms with van der Waals surface area (Å²) in [5, 5.41) is 25.3. The Morgan fingerprint density at radius 3 is 1.54 bits per heavy atom. The van der Waals surface area contributed by atoms with Crippen molar-refractivity contribution < 1.29 is 43.5 Å². The maximum Gasteiger partial charge on any atom is 0.338 e. The molecule has 1 heterocycles. The van der Waals surface area contributed by atoms with Gasteiger partial charge in [-0.1, -0.05) is 240 Å². The van der Waals surface area contributed by atoms with Crippen LogP contribution in [0.4, 0.5) is 0 Å². The fourth-order valence-electron chi connectivity index (χ4n) is 9.25. The minimum absolute atomic E-state index is 0.130. The molecule has 4 rings (SSSR count). The third-order valence-electron chi connectivity index (χ3n) is 13.6. The van der Waals surface area contributed by atoms with Gasteiger partial charge in [-0.15, -0.1) is 0 Å². The van der Waals surface area contributed by atoms with Gasteiger partial charge in [0.25, 0.3) is 0 Å². The molecule has 1 amide bonds. The predicted molar refractivity (Wildman–Crippen MR) is 286 cm³/mol. The first kappa shape index (κ1) is 59.7. The van der Waals surface area contributed by atoms with Crippen LogP contribution in [-0.4, -0.2) is 78.2 Å². The van der Waals surface area contributed by atoms with E-state index in [1.54, 1.807) is 24.3 Å². The van der Waals surface area contributed by atoms with Crippen molar-refractivity contribution in [3.8, 4) is 0 Å². The summed E-state index contributed by atoms with van der Waals surface area (Å²) < 4.78 is 32.1. The Balaban J connectivity index is 1.48. The molecule has 0 radical (unpaired) electrons. The van der Waals surface area contributed by atoms with Crippen LogP contribution >= 0.6 is 0 Å². The average Bonchev–Trinajstić information content (AvgIpc) is 3.40. The Morgan fingerprint density at radius 1 is 0.592 bits per heavy atom. The van der Waals surface area contributed by atoms with E-state index >= 15 is 0 Å². The molecule has 0 aliphatic carbocycles. The van der Waals surface area contributed by atoms with E-state index in [1.807, 2.05) is 72.8 Å². The zero-order valence-electron chi connectivity index (χ0n) is 43.8. The number of allylic oxidation sites excluding steroid dienone is 1. The number of benzene rings is 3. The van der Waals surface area contributed by atoms with Crippen molar-refractivity contribution in [2.24, 2.45) is 0 Å². The summed E-state index contributed by atoms with van der Waals surface area (Å²) in [7, 11) is 0. The van der Waals surface area contributed by atoms with Gasteiger partial charge in [-0.2, -0.15) is 0 Å². The number of esters is 1. The number of aliphatic hydroxyl groups excluding tert-OH is 2. The average molecular weight is 984 g/mol. The number of ether oxygens (including phenoxy) is 5. The van der Waals surface area contributed by atoms with Gasteiger partial charge < -0.3 is 39.2 Å². The predicted octanol–water partition coefficient (Wildman–Crippen LogP) is 13.7. The number of unbranched alkanes of at least 4 members (excludes halogenated alkanes) is 23. The molecule has 396 valence electrons. The molecular formula is C61H93NO9. The normalized spacial score (nSPS) is 18.9. The molecule has 0 saturated carbocycles. The molecule has 1 fully saturated rings. The van der Waals surface area contributed by atoms with Gasteiger partial charge in [0.1, 0.15) is 30.5 Å². The van der Waals surface area contributed by atoms with Gasteiger partial charge in [-0.05, 0) is 48.6 Å². The minimum atomic E-state index is -1.24. The molecule has 0 unspecified atom stereocenters. The van der Waals surface area contributed by atoms with Gasteiger partial charge in [0.2, 0.25) is 5.91 Å². The number of hydrogen-bond donors (Lipinski definition) is 3. The molecule has 10 heteroatoms. The summed E-state index contributed by atoms with van der Waals surface area (Å²) in [4.78, 5) is 27.7. The molecule has 0 bridgehead atoms. The Kier molecular flexibility index (Phi) is 32.5. The standard InChI is InChI=1S/C61H93NO9/c1-3-5-7-9-11-13-15-17-19-21-23-25-36-44-54(70-60(66)52-42-34-29-35-43-52)53(62-56(64)45-37-26-24-22-20-18-16-14-12-10-8-6-4-2)49-69-61-59(68-48-51-40-32-28-33-41-51)58(57(65)55(46-63)71-61)67-47-50-38-30-27-31-39-50/h27-36,38-44,53-55,57-59,61,63,65H,3-26,37,45-49H2,1-2H3,(H,62,64)/t53-,54+,55+,57-,58-,59+,61-/m0/s1. The third kappa shape index (κ3) is 25.6. The fraction of sp³-hybridized carbons (Fsp3) is 0.639. The number of carbonyl (C=O) groups is 2. The molecule has 0 spiro atoms. The van der Waals surface area contributed by atoms with E-state index in [-0.39, 0.29) is 25.7 Å². The highest BCUT2D eigenvalue weighted by molar-refractivity contribution is 5.89. The first-order valence-corrected chi connectivity index (χ1v) is 28.0. The Morgan fingerprint density at radius 2 is 1.04 bits per heavy atom. The Bertz CT molecular complexity index is 1780. The maximum atomic E-state index is 13.9. The van der Waals surface area contributed by atoms with Crippen LogP contribution in [0, 0.1) is 0 Å². The first-order valence-electron chi connectivity index (χ1n) is 28.0. The van der Waals surface area contributed by atoms with E-state index in [2.05, 4.69) is 25.2 Å². The van der Waals surface area contributed by atoms with Crippen molar-refractivity contribution in [3.05, 3.63) is 120 Å². The Labute approximate surface area is 429 Å². The number of amides is 1. The van der Waals surface area contributed by atoms with Crippen LogP contribution in [0.2, 0.25) is 0 Å². The summed E-state index contributed by atoms with van der Waals surface area (Å²) >= 11 is 0. The number of rotatable bonds is 41. The number of carbonyl (C=O) groups excluding carboxylic acids is 2. The highest BCUT2D eigenvalue weighted by atomic mass is 16.7. The molecule has 3 N–H and O–H groups in total. The summed E-state index contributed by atoms with van der Waals surface area (Å²) in [6, 6.07) is 27.4. The zero-order valence-corrected chi connectivity index (χ0v) is 43.8. The molecule has 7 atom stereocenters. The minimum Gasteiger partial charge on any atom is -0.452 e. The van der Waals surface area contributed by atoms with Gasteiger partial charge in [0, 0.05) is 6.42 Å². The fourth-order valence-corrected chi connectivity index (χ4v) is 9.25. The lowest BCUT2D eigenvalue weighted by atomic mass is 9.98. The van der Waals surface area contributed by atoms with Crippen molar-refractivity contribution in [3.63, 3.8) is 0 Å². The van der Waals surface area contributed by atoms with Crippen molar-refractivity contribution in [1.29, 1.82) is 0 Å². The summed E-state index contributed by atoms with van der Waals surface area (Å²) in [6.07, 6.45) is 28.4. The SMILES string of the molecule is CCCCCCCCCCCCCC=C[C@@H](OC(=O)c1ccccc1)[C@H](CO[C@H]1O[C@H](CO)[C@H](O)[C@H](OCc2ccccc2)[C@H]1OCc1ccccc1)NC(=O)CCCCCCCCCCCCCCC. The molecule has 3 aromatic rings. The van der Waals surface area contributed by atoms with Crippen LogP contribution in [-0.2, 0) is 41.7 Å². The summed E-state index contributed by atoms with van der Waals surface area (Å²) in [5.41, 5.74) is 2.21. The summed E-state index contributed by atoms with van der Waals surface area (Å²) in [6.45, 7) is 4.25. The van der Waals surface area contributed by atoms with Crippen LogP contribution < -0.4 is 5.32 Å². The van der Waals surface area contributed by atoms with Crippen LogP contribution in [0.15, 0.2) is 103 Å². The van der Waals surface area contributed by atoms with Crippen molar-refractivity contribution in [2.45, 2.75) is 237 Å². The van der Waals surface area contributed by atoms with Crippen LogP contribution in [0.5, 0.6) is 0 Å². The third-order valence-corrected chi connectivity index (χ3v) is 13.6. The second-order valence-corrected chi connectivity index (χ2v) is 19.7. The smallest absolute Gasteiger partial charge is 0.338 e. The molecule has 1 saturated heterocycles. The second kappa shape index (κ2) is 38.7. The van der Waals surface area contributed by atoms with E-state index in [4.69, 9.17) is 23.7 Å². The summed E-state index contributed by atoms with van der Waals surface area (Å²) in [5.74, 6) is -0.670. The van der Waals surface area contributed by atoms with Crippen LogP contribution in [0.1, 0.15) is 202 Å². The highest BCUT2D eigenvalue weighted by Gasteiger charge is 2.48. The van der Waals surface area contributed by atoms with E-state index in [1.165, 1.54) is 122 Å². The van der Waals surface area contributed by atoms with E-state index in [0.717, 1.165) is 49.7 Å². The van der Waals surface area contributed by atoms with Crippen molar-refractivity contribution in [1.82, 2.24) is 5.32 Å². The topological polar surface area (TPSA) is 133 Å². The largest absolute Gasteiger partial charge is 0.452 e. The van der Waals surface area contributed by atoms with Crippen LogP contribution in [0.3, 0.4) is 0 Å². The number of aliphatic hydroxyl groups is 2. The van der Waals surface area contributed by atoms with Crippen molar-refractivity contribution in [2.75, 3.05) is 13.2 Å². The lowest BCUT2D eigenvalue weighted by Crippen LogP contribution is -2.61. The van der Waals surface area contributed by atoms with E-state index in [9.17, 15) is 19.8 Å².